The number of hydrogen-bond acceptors (Lipinski definition) is 3. The maximum Gasteiger partial charge on any atom is 0.173 e. The van der Waals surface area contributed by atoms with Crippen LogP contribution in [-0.4, -0.2) is 11.0 Å². The van der Waals surface area contributed by atoms with Crippen LogP contribution in [0.2, 0.25) is 5.02 Å². The maximum atomic E-state index is 8.83. The van der Waals surface area contributed by atoms with E-state index in [9.17, 15) is 0 Å². The molecule has 4 nitrogen and oxygen atoms in total. The Morgan fingerprint density at radius 1 is 1.20 bits per heavy atom. The molecule has 0 saturated heterocycles. The molecule has 20 heavy (non-hydrogen) atoms. The Hall–Kier alpha value is -2.20. The normalized spacial score (nSPS) is 11.4. The molecule has 0 atom stereocenters. The zero-order valence-electron chi connectivity index (χ0n) is 11.2. The standard InChI is InChI=1S/C15H15ClN2O2/c1-9-4-3-5-13(10(9)2)20-14-7-6-11(16)8-12(14)15(17)18-19/h3-8,19H,1-2H3,(H2,17,18). The number of nitrogens with two attached hydrogens (primary N) is 1. The fourth-order valence-corrected chi connectivity index (χ4v) is 1.97. The van der Waals surface area contributed by atoms with Crippen molar-refractivity contribution in [1.82, 2.24) is 0 Å². The number of benzene rings is 2. The van der Waals surface area contributed by atoms with Crippen LogP contribution in [0.5, 0.6) is 11.5 Å². The van der Waals surface area contributed by atoms with Gasteiger partial charge in [-0.25, -0.2) is 0 Å². The van der Waals surface area contributed by atoms with E-state index in [1.165, 1.54) is 0 Å². The fraction of sp³-hybridized carbons (Fsp3) is 0.133. The molecular weight excluding hydrogens is 276 g/mol. The van der Waals surface area contributed by atoms with E-state index in [0.29, 0.717) is 16.3 Å². The van der Waals surface area contributed by atoms with Crippen molar-refractivity contribution in [3.8, 4) is 11.5 Å². The first-order valence-corrected chi connectivity index (χ1v) is 6.42. The highest BCUT2D eigenvalue weighted by atomic mass is 35.5. The van der Waals surface area contributed by atoms with E-state index in [0.717, 1.165) is 16.9 Å². The molecule has 0 unspecified atom stereocenters. The summed E-state index contributed by atoms with van der Waals surface area (Å²) in [6.45, 7) is 3.98. The molecule has 0 amide bonds. The Kier molecular flexibility index (Phi) is 4.15. The number of aryl methyl sites for hydroxylation is 1. The van der Waals surface area contributed by atoms with Gasteiger partial charge in [-0.15, -0.1) is 0 Å². The second-order valence-electron chi connectivity index (χ2n) is 4.43. The topological polar surface area (TPSA) is 67.8 Å². The molecule has 0 aromatic heterocycles. The van der Waals surface area contributed by atoms with Gasteiger partial charge < -0.3 is 15.7 Å². The van der Waals surface area contributed by atoms with Crippen LogP contribution in [0.3, 0.4) is 0 Å². The van der Waals surface area contributed by atoms with Crippen LogP contribution in [0, 0.1) is 13.8 Å². The molecule has 2 aromatic carbocycles. The van der Waals surface area contributed by atoms with E-state index in [1.807, 2.05) is 32.0 Å². The zero-order chi connectivity index (χ0) is 14.7. The van der Waals surface area contributed by atoms with Gasteiger partial charge in [0.15, 0.2) is 5.84 Å². The van der Waals surface area contributed by atoms with Gasteiger partial charge in [-0.2, -0.15) is 0 Å². The Balaban J connectivity index is 2.46. The molecular formula is C15H15ClN2O2. The van der Waals surface area contributed by atoms with Crippen LogP contribution in [0.1, 0.15) is 16.7 Å². The highest BCUT2D eigenvalue weighted by molar-refractivity contribution is 6.31. The van der Waals surface area contributed by atoms with Gasteiger partial charge in [0.05, 0.1) is 5.56 Å². The highest BCUT2D eigenvalue weighted by Gasteiger charge is 2.12. The maximum absolute atomic E-state index is 8.83. The van der Waals surface area contributed by atoms with Crippen LogP contribution in [0.15, 0.2) is 41.6 Å². The minimum absolute atomic E-state index is 0.0483. The quantitative estimate of drug-likeness (QED) is 0.390. The number of nitrogens with zero attached hydrogens (tertiary/aromatic N) is 1. The Bertz CT molecular complexity index is 669. The first-order chi connectivity index (χ1) is 9.52. The van der Waals surface area contributed by atoms with E-state index < -0.39 is 0 Å². The van der Waals surface area contributed by atoms with Crippen LogP contribution in [0.4, 0.5) is 0 Å². The number of oxime groups is 1. The molecule has 5 heteroatoms. The monoisotopic (exact) mass is 290 g/mol. The molecule has 0 spiro atoms. The van der Waals surface area contributed by atoms with Crippen molar-refractivity contribution in [3.63, 3.8) is 0 Å². The Morgan fingerprint density at radius 2 is 1.95 bits per heavy atom. The van der Waals surface area contributed by atoms with Crippen molar-refractivity contribution in [1.29, 1.82) is 0 Å². The number of hydrogen-bond donors (Lipinski definition) is 2. The molecule has 2 rings (SSSR count). The SMILES string of the molecule is Cc1cccc(Oc2ccc(Cl)cc2C(N)=NO)c1C. The second-order valence-corrected chi connectivity index (χ2v) is 4.86. The summed E-state index contributed by atoms with van der Waals surface area (Å²) >= 11 is 5.93. The molecule has 104 valence electrons. The predicted molar refractivity (Wildman–Crippen MR) is 80.0 cm³/mol. The summed E-state index contributed by atoms with van der Waals surface area (Å²) < 4.78 is 5.87. The lowest BCUT2D eigenvalue weighted by atomic mass is 10.1. The van der Waals surface area contributed by atoms with Crippen molar-refractivity contribution in [2.24, 2.45) is 10.9 Å². The van der Waals surface area contributed by atoms with Crippen LogP contribution < -0.4 is 10.5 Å². The van der Waals surface area contributed by atoms with Gasteiger partial charge in [0, 0.05) is 5.02 Å². The van der Waals surface area contributed by atoms with Crippen LogP contribution >= 0.6 is 11.6 Å². The number of ether oxygens (including phenoxy) is 1. The Morgan fingerprint density at radius 3 is 2.65 bits per heavy atom. The molecule has 0 radical (unpaired) electrons. The summed E-state index contributed by atoms with van der Waals surface area (Å²) in [5, 5.41) is 12.3. The van der Waals surface area contributed by atoms with E-state index in [4.69, 9.17) is 27.3 Å². The third-order valence-electron chi connectivity index (χ3n) is 3.10. The summed E-state index contributed by atoms with van der Waals surface area (Å²) in [5.74, 6) is 1.16. The zero-order valence-corrected chi connectivity index (χ0v) is 12.0. The largest absolute Gasteiger partial charge is 0.456 e. The number of amidine groups is 1. The third-order valence-corrected chi connectivity index (χ3v) is 3.34. The molecule has 0 fully saturated rings. The smallest absolute Gasteiger partial charge is 0.173 e. The summed E-state index contributed by atoms with van der Waals surface area (Å²) in [5.41, 5.74) is 8.25. The highest BCUT2D eigenvalue weighted by Crippen LogP contribution is 2.30. The van der Waals surface area contributed by atoms with Gasteiger partial charge in [-0.3, -0.25) is 0 Å². The fourth-order valence-electron chi connectivity index (χ4n) is 1.80. The van der Waals surface area contributed by atoms with Crippen molar-refractivity contribution >= 4 is 17.4 Å². The molecule has 0 aliphatic carbocycles. The summed E-state index contributed by atoms with van der Waals surface area (Å²) in [7, 11) is 0. The van der Waals surface area contributed by atoms with E-state index in [2.05, 4.69) is 5.16 Å². The molecule has 0 bridgehead atoms. The van der Waals surface area contributed by atoms with Crippen molar-refractivity contribution in [2.45, 2.75) is 13.8 Å². The lowest BCUT2D eigenvalue weighted by Crippen LogP contribution is -2.14. The van der Waals surface area contributed by atoms with Crippen LogP contribution in [-0.2, 0) is 0 Å². The number of rotatable bonds is 3. The average molecular weight is 291 g/mol. The third kappa shape index (κ3) is 2.86. The van der Waals surface area contributed by atoms with Gasteiger partial charge >= 0.3 is 0 Å². The van der Waals surface area contributed by atoms with Gasteiger partial charge in [-0.05, 0) is 49.2 Å². The molecule has 3 N–H and O–H groups in total. The van der Waals surface area contributed by atoms with E-state index in [-0.39, 0.29) is 5.84 Å². The first kappa shape index (κ1) is 14.2. The van der Waals surface area contributed by atoms with E-state index in [1.54, 1.807) is 18.2 Å². The van der Waals surface area contributed by atoms with Gasteiger partial charge in [0.2, 0.25) is 0 Å². The molecule has 0 aliphatic heterocycles. The van der Waals surface area contributed by atoms with Crippen molar-refractivity contribution < 1.29 is 9.94 Å². The van der Waals surface area contributed by atoms with Crippen LogP contribution in [0.25, 0.3) is 0 Å². The summed E-state index contributed by atoms with van der Waals surface area (Å²) in [6, 6.07) is 10.8. The summed E-state index contributed by atoms with van der Waals surface area (Å²) in [6.07, 6.45) is 0. The molecule has 0 aliphatic rings. The minimum Gasteiger partial charge on any atom is -0.456 e. The molecule has 0 heterocycles. The van der Waals surface area contributed by atoms with Crippen molar-refractivity contribution in [3.05, 3.63) is 58.1 Å². The van der Waals surface area contributed by atoms with Gasteiger partial charge in [0.1, 0.15) is 11.5 Å². The number of halogens is 1. The second kappa shape index (κ2) is 5.84. The average Bonchev–Trinajstić information content (AvgIpc) is 2.44. The first-order valence-electron chi connectivity index (χ1n) is 6.04. The molecule has 2 aromatic rings. The van der Waals surface area contributed by atoms with Gasteiger partial charge in [-0.1, -0.05) is 28.9 Å². The summed E-state index contributed by atoms with van der Waals surface area (Å²) in [4.78, 5) is 0. The minimum atomic E-state index is -0.0483. The van der Waals surface area contributed by atoms with E-state index >= 15 is 0 Å². The molecule has 0 saturated carbocycles. The van der Waals surface area contributed by atoms with Gasteiger partial charge in [0.25, 0.3) is 0 Å². The van der Waals surface area contributed by atoms with Crippen molar-refractivity contribution in [2.75, 3.05) is 0 Å². The predicted octanol–water partition coefficient (Wildman–Crippen LogP) is 3.84. The lowest BCUT2D eigenvalue weighted by Gasteiger charge is -2.13. The lowest BCUT2D eigenvalue weighted by molar-refractivity contribution is 0.318. The Labute approximate surface area is 122 Å².